The number of hydrogen-bond donors (Lipinski definition) is 1. The Morgan fingerprint density at radius 1 is 1.23 bits per heavy atom. The van der Waals surface area contributed by atoms with Crippen molar-refractivity contribution in [2.75, 3.05) is 0 Å². The van der Waals surface area contributed by atoms with E-state index in [0.717, 1.165) is 22.3 Å². The Labute approximate surface area is 177 Å². The standard InChI is InChI=1S/C25H28N2O3/c1-2-5-20(15-25(28)29)19-9-11-23(12-10-19)30-17-18-8-13-24-21(14-18)16-26-27(24)22-6-3-4-7-22/h2,5,8-14,16,20,22H,3-4,6-7,15,17H2,1H3,(H,28,29)/t20-/m1/s1. The van der Waals surface area contributed by atoms with Crippen LogP contribution in [0.4, 0.5) is 0 Å². The van der Waals surface area contributed by atoms with E-state index in [1.165, 1.54) is 31.2 Å². The average Bonchev–Trinajstić information content (AvgIpc) is 3.41. The number of carbonyl (C=O) groups is 1. The number of aromatic nitrogens is 2. The van der Waals surface area contributed by atoms with E-state index in [4.69, 9.17) is 9.84 Å². The predicted octanol–water partition coefficient (Wildman–Crippen LogP) is 5.86. The lowest BCUT2D eigenvalue weighted by molar-refractivity contribution is -0.137. The summed E-state index contributed by atoms with van der Waals surface area (Å²) in [5.41, 5.74) is 3.28. The molecule has 0 aliphatic heterocycles. The van der Waals surface area contributed by atoms with E-state index in [9.17, 15) is 4.79 Å². The van der Waals surface area contributed by atoms with E-state index in [-0.39, 0.29) is 12.3 Å². The summed E-state index contributed by atoms with van der Waals surface area (Å²) in [6, 6.07) is 14.6. The molecule has 0 amide bonds. The van der Waals surface area contributed by atoms with Crippen LogP contribution in [0.25, 0.3) is 10.9 Å². The van der Waals surface area contributed by atoms with Crippen LogP contribution in [0, 0.1) is 0 Å². The van der Waals surface area contributed by atoms with Crippen molar-refractivity contribution in [3.63, 3.8) is 0 Å². The second kappa shape index (κ2) is 9.16. The molecule has 0 spiro atoms. The first kappa shape index (κ1) is 20.2. The summed E-state index contributed by atoms with van der Waals surface area (Å²) in [5.74, 6) is -0.152. The second-order valence-electron chi connectivity index (χ2n) is 8.01. The number of ether oxygens (including phenoxy) is 1. The molecule has 2 aromatic carbocycles. The molecule has 156 valence electrons. The van der Waals surface area contributed by atoms with Gasteiger partial charge < -0.3 is 9.84 Å². The Balaban J connectivity index is 1.41. The fourth-order valence-electron chi connectivity index (χ4n) is 4.33. The zero-order valence-corrected chi connectivity index (χ0v) is 17.3. The molecule has 1 aromatic heterocycles. The van der Waals surface area contributed by atoms with E-state index < -0.39 is 5.97 Å². The van der Waals surface area contributed by atoms with E-state index in [1.54, 1.807) is 0 Å². The highest BCUT2D eigenvalue weighted by Crippen LogP contribution is 2.32. The van der Waals surface area contributed by atoms with Gasteiger partial charge in [0.15, 0.2) is 0 Å². The molecule has 1 heterocycles. The lowest BCUT2D eigenvalue weighted by Crippen LogP contribution is -2.06. The number of benzene rings is 2. The highest BCUT2D eigenvalue weighted by atomic mass is 16.5. The summed E-state index contributed by atoms with van der Waals surface area (Å²) in [5, 5.41) is 14.9. The zero-order chi connectivity index (χ0) is 20.9. The van der Waals surface area contributed by atoms with Crippen molar-refractivity contribution in [1.29, 1.82) is 0 Å². The third-order valence-corrected chi connectivity index (χ3v) is 5.86. The Morgan fingerprint density at radius 3 is 2.70 bits per heavy atom. The monoisotopic (exact) mass is 404 g/mol. The first-order chi connectivity index (χ1) is 14.6. The van der Waals surface area contributed by atoms with Gasteiger partial charge in [-0.15, -0.1) is 0 Å². The Hall–Kier alpha value is -3.08. The third kappa shape index (κ3) is 4.56. The zero-order valence-electron chi connectivity index (χ0n) is 17.3. The second-order valence-corrected chi connectivity index (χ2v) is 8.01. The molecule has 0 saturated heterocycles. The first-order valence-electron chi connectivity index (χ1n) is 10.7. The van der Waals surface area contributed by atoms with Crippen molar-refractivity contribution in [1.82, 2.24) is 9.78 Å². The van der Waals surface area contributed by atoms with Crippen LogP contribution in [0.1, 0.15) is 62.1 Å². The van der Waals surface area contributed by atoms with Gasteiger partial charge in [-0.3, -0.25) is 9.48 Å². The number of carboxylic acids is 1. The number of nitrogens with zero attached hydrogens (tertiary/aromatic N) is 2. The lowest BCUT2D eigenvalue weighted by atomic mass is 9.95. The lowest BCUT2D eigenvalue weighted by Gasteiger charge is -2.13. The summed E-state index contributed by atoms with van der Waals surface area (Å²) in [6.07, 6.45) is 10.9. The van der Waals surface area contributed by atoms with E-state index in [2.05, 4.69) is 28.0 Å². The fraction of sp³-hybridized carbons (Fsp3) is 0.360. The molecule has 1 aliphatic carbocycles. The maximum absolute atomic E-state index is 11.1. The summed E-state index contributed by atoms with van der Waals surface area (Å²) in [7, 11) is 0. The normalized spacial score (nSPS) is 15.8. The molecule has 1 N–H and O–H groups in total. The summed E-state index contributed by atoms with van der Waals surface area (Å²) < 4.78 is 8.15. The van der Waals surface area contributed by atoms with Crippen molar-refractivity contribution in [2.45, 2.75) is 57.6 Å². The summed E-state index contributed by atoms with van der Waals surface area (Å²) in [6.45, 7) is 2.39. The molecule has 30 heavy (non-hydrogen) atoms. The molecule has 1 saturated carbocycles. The van der Waals surface area contributed by atoms with Crippen LogP contribution in [0.2, 0.25) is 0 Å². The molecule has 1 fully saturated rings. The molecule has 5 heteroatoms. The number of hydrogen-bond acceptors (Lipinski definition) is 3. The molecule has 0 unspecified atom stereocenters. The van der Waals surface area contributed by atoms with Crippen molar-refractivity contribution in [2.24, 2.45) is 0 Å². The Morgan fingerprint density at radius 2 is 2.00 bits per heavy atom. The highest BCUT2D eigenvalue weighted by Gasteiger charge is 2.19. The maximum atomic E-state index is 11.1. The minimum Gasteiger partial charge on any atom is -0.489 e. The van der Waals surface area contributed by atoms with Gasteiger partial charge in [0.25, 0.3) is 0 Å². The Bertz CT molecular complexity index is 1030. The van der Waals surface area contributed by atoms with Crippen LogP contribution in [0.5, 0.6) is 5.75 Å². The number of carboxylic acid groups (broad SMARTS) is 1. The van der Waals surface area contributed by atoms with Crippen molar-refractivity contribution in [3.8, 4) is 5.75 Å². The molecule has 3 aromatic rings. The van der Waals surface area contributed by atoms with E-state index in [0.29, 0.717) is 12.6 Å². The average molecular weight is 405 g/mol. The van der Waals surface area contributed by atoms with Gasteiger partial charge in [-0.2, -0.15) is 5.10 Å². The number of fused-ring (bicyclic) bond motifs is 1. The summed E-state index contributed by atoms with van der Waals surface area (Å²) in [4.78, 5) is 11.1. The van der Waals surface area contributed by atoms with Crippen molar-refractivity contribution in [3.05, 3.63) is 71.9 Å². The minimum absolute atomic E-state index is 0.0824. The minimum atomic E-state index is -0.801. The Kier molecular flexibility index (Phi) is 6.17. The quantitative estimate of drug-likeness (QED) is 0.477. The van der Waals surface area contributed by atoms with Gasteiger partial charge in [0, 0.05) is 11.3 Å². The predicted molar refractivity (Wildman–Crippen MR) is 118 cm³/mol. The smallest absolute Gasteiger partial charge is 0.304 e. The molecular formula is C25H28N2O3. The van der Waals surface area contributed by atoms with Crippen LogP contribution in [0.3, 0.4) is 0 Å². The van der Waals surface area contributed by atoms with Gasteiger partial charge in [0.1, 0.15) is 12.4 Å². The van der Waals surface area contributed by atoms with Crippen LogP contribution in [0.15, 0.2) is 60.8 Å². The first-order valence-corrected chi connectivity index (χ1v) is 10.7. The molecule has 1 aliphatic rings. The van der Waals surface area contributed by atoms with Gasteiger partial charge in [-0.05, 0) is 55.2 Å². The SMILES string of the molecule is CC=C[C@H](CC(=O)O)c1ccc(OCc2ccc3c(cnn3C3CCCC3)c2)cc1. The van der Waals surface area contributed by atoms with E-state index in [1.807, 2.05) is 49.5 Å². The number of allylic oxidation sites excluding steroid dienone is 2. The van der Waals surface area contributed by atoms with Gasteiger partial charge >= 0.3 is 5.97 Å². The van der Waals surface area contributed by atoms with Gasteiger partial charge in [0.05, 0.1) is 24.2 Å². The van der Waals surface area contributed by atoms with Crippen LogP contribution >= 0.6 is 0 Å². The van der Waals surface area contributed by atoms with Gasteiger partial charge in [-0.1, -0.05) is 43.2 Å². The van der Waals surface area contributed by atoms with Crippen molar-refractivity contribution < 1.29 is 14.6 Å². The molecule has 0 bridgehead atoms. The van der Waals surface area contributed by atoms with Crippen molar-refractivity contribution >= 4 is 16.9 Å². The molecule has 1 atom stereocenters. The van der Waals surface area contributed by atoms with Crippen LogP contribution in [-0.4, -0.2) is 20.9 Å². The third-order valence-electron chi connectivity index (χ3n) is 5.86. The van der Waals surface area contributed by atoms with E-state index >= 15 is 0 Å². The van der Waals surface area contributed by atoms with Gasteiger partial charge in [0.2, 0.25) is 0 Å². The van der Waals surface area contributed by atoms with Gasteiger partial charge in [-0.25, -0.2) is 0 Å². The van der Waals surface area contributed by atoms with Crippen LogP contribution < -0.4 is 4.74 Å². The molecule has 4 rings (SSSR count). The largest absolute Gasteiger partial charge is 0.489 e. The van der Waals surface area contributed by atoms with Crippen LogP contribution in [-0.2, 0) is 11.4 Å². The molecule has 5 nitrogen and oxygen atoms in total. The molecule has 0 radical (unpaired) electrons. The molecular weight excluding hydrogens is 376 g/mol. The summed E-state index contributed by atoms with van der Waals surface area (Å²) >= 11 is 0. The number of aliphatic carboxylic acids is 1. The fourth-order valence-corrected chi connectivity index (χ4v) is 4.33. The number of rotatable bonds is 8. The topological polar surface area (TPSA) is 64.3 Å². The maximum Gasteiger partial charge on any atom is 0.304 e. The highest BCUT2D eigenvalue weighted by molar-refractivity contribution is 5.79.